The van der Waals surface area contributed by atoms with Gasteiger partial charge in [0.05, 0.1) is 11.7 Å². The van der Waals surface area contributed by atoms with E-state index in [1.54, 1.807) is 19.2 Å². The molecule has 1 aliphatic heterocycles. The predicted octanol–water partition coefficient (Wildman–Crippen LogP) is 2.30. The third-order valence-corrected chi connectivity index (χ3v) is 3.63. The fourth-order valence-corrected chi connectivity index (χ4v) is 2.31. The highest BCUT2D eigenvalue weighted by Crippen LogP contribution is 2.27. The van der Waals surface area contributed by atoms with Crippen LogP contribution in [-0.4, -0.2) is 42.4 Å². The number of ether oxygens (including phenoxy) is 1. The molecule has 5 nitrogen and oxygen atoms in total. The van der Waals surface area contributed by atoms with Crippen molar-refractivity contribution in [2.75, 3.05) is 25.1 Å². The summed E-state index contributed by atoms with van der Waals surface area (Å²) in [6.45, 7) is 7.71. The quantitative estimate of drug-likeness (QED) is 0.919. The molecule has 2 heterocycles. The molecule has 0 aliphatic carbocycles. The van der Waals surface area contributed by atoms with Gasteiger partial charge >= 0.3 is 5.97 Å². The van der Waals surface area contributed by atoms with Gasteiger partial charge in [-0.3, -0.25) is 0 Å². The first kappa shape index (κ1) is 14.8. The van der Waals surface area contributed by atoms with Gasteiger partial charge in [0, 0.05) is 31.3 Å². The number of hydrogen-bond donors (Lipinski definition) is 1. The van der Waals surface area contributed by atoms with E-state index in [-0.39, 0.29) is 11.5 Å². The zero-order chi connectivity index (χ0) is 14.9. The van der Waals surface area contributed by atoms with E-state index in [0.717, 1.165) is 31.0 Å². The van der Waals surface area contributed by atoms with Gasteiger partial charge in [0.1, 0.15) is 5.82 Å². The van der Waals surface area contributed by atoms with Gasteiger partial charge in [-0.25, -0.2) is 9.78 Å². The van der Waals surface area contributed by atoms with Crippen LogP contribution in [-0.2, 0) is 10.2 Å². The third-order valence-electron chi connectivity index (χ3n) is 3.63. The van der Waals surface area contributed by atoms with Gasteiger partial charge in [0.15, 0.2) is 0 Å². The first-order chi connectivity index (χ1) is 9.31. The van der Waals surface area contributed by atoms with E-state index in [4.69, 9.17) is 4.74 Å². The fourth-order valence-electron chi connectivity index (χ4n) is 2.31. The molecule has 1 aromatic heterocycles. The highest BCUT2D eigenvalue weighted by Gasteiger charge is 2.26. The second kappa shape index (κ2) is 5.40. The van der Waals surface area contributed by atoms with Gasteiger partial charge in [-0.05, 0) is 18.6 Å². The Bertz CT molecular complexity index is 508. The molecule has 1 saturated heterocycles. The van der Waals surface area contributed by atoms with Gasteiger partial charge in [0.25, 0.3) is 0 Å². The molecule has 1 atom stereocenters. The molecule has 1 unspecified atom stereocenters. The van der Waals surface area contributed by atoms with E-state index < -0.39 is 5.97 Å². The van der Waals surface area contributed by atoms with Crippen LogP contribution in [0.2, 0.25) is 0 Å². The van der Waals surface area contributed by atoms with E-state index in [2.05, 4.69) is 9.88 Å². The van der Waals surface area contributed by atoms with Crippen LogP contribution in [0.25, 0.3) is 0 Å². The van der Waals surface area contributed by atoms with Crippen LogP contribution in [0.1, 0.15) is 43.2 Å². The van der Waals surface area contributed by atoms with Crippen LogP contribution in [0.4, 0.5) is 5.82 Å². The number of hydrogen-bond acceptors (Lipinski definition) is 4. The highest BCUT2D eigenvalue weighted by atomic mass is 16.5. The van der Waals surface area contributed by atoms with Crippen molar-refractivity contribution in [2.45, 2.75) is 38.7 Å². The molecular weight excluding hydrogens is 256 g/mol. The minimum atomic E-state index is -0.915. The van der Waals surface area contributed by atoms with Gasteiger partial charge in [-0.15, -0.1) is 0 Å². The third kappa shape index (κ3) is 3.10. The maximum Gasteiger partial charge on any atom is 0.335 e. The first-order valence-electron chi connectivity index (χ1n) is 6.85. The number of carboxylic acid groups (broad SMARTS) is 1. The van der Waals surface area contributed by atoms with E-state index in [1.165, 1.54) is 0 Å². The lowest BCUT2D eigenvalue weighted by molar-refractivity contribution is 0.0696. The molecule has 1 aliphatic rings. The molecule has 0 amide bonds. The van der Waals surface area contributed by atoms with Gasteiger partial charge < -0.3 is 14.7 Å². The molecule has 2 rings (SSSR count). The lowest BCUT2D eigenvalue weighted by Crippen LogP contribution is -2.25. The van der Waals surface area contributed by atoms with Crippen LogP contribution < -0.4 is 4.90 Å². The number of carboxylic acids is 1. The molecule has 1 N–H and O–H groups in total. The zero-order valence-corrected chi connectivity index (χ0v) is 12.5. The number of rotatable bonds is 3. The van der Waals surface area contributed by atoms with Gasteiger partial charge in [-0.2, -0.15) is 0 Å². The smallest absolute Gasteiger partial charge is 0.335 e. The Kier molecular flexibility index (Phi) is 3.99. The number of aromatic nitrogens is 1. The van der Waals surface area contributed by atoms with Gasteiger partial charge in [-0.1, -0.05) is 20.8 Å². The number of nitrogens with zero attached hydrogens (tertiary/aromatic N) is 2. The van der Waals surface area contributed by atoms with Crippen LogP contribution in [0, 0.1) is 0 Å². The van der Waals surface area contributed by atoms with Gasteiger partial charge in [0.2, 0.25) is 0 Å². The molecule has 1 fully saturated rings. The number of aromatic carboxylic acids is 1. The molecule has 1 aromatic rings. The number of anilines is 1. The second-order valence-electron chi connectivity index (χ2n) is 6.25. The van der Waals surface area contributed by atoms with Crippen molar-refractivity contribution in [3.05, 3.63) is 23.4 Å². The Hall–Kier alpha value is -1.62. The summed E-state index contributed by atoms with van der Waals surface area (Å²) in [7, 11) is 1.70. The van der Waals surface area contributed by atoms with Crippen molar-refractivity contribution >= 4 is 11.8 Å². The average molecular weight is 278 g/mol. The van der Waals surface area contributed by atoms with Crippen molar-refractivity contribution in [2.24, 2.45) is 0 Å². The zero-order valence-electron chi connectivity index (χ0n) is 12.5. The Balaban J connectivity index is 2.38. The molecule has 0 spiro atoms. The van der Waals surface area contributed by atoms with E-state index in [0.29, 0.717) is 5.56 Å². The Morgan fingerprint density at radius 3 is 2.65 bits per heavy atom. The molecule has 20 heavy (non-hydrogen) atoms. The van der Waals surface area contributed by atoms with Crippen molar-refractivity contribution < 1.29 is 14.6 Å². The molecule has 0 saturated carbocycles. The van der Waals surface area contributed by atoms with Crippen molar-refractivity contribution in [3.8, 4) is 0 Å². The second-order valence-corrected chi connectivity index (χ2v) is 6.25. The fraction of sp³-hybridized carbons (Fsp3) is 0.600. The number of pyridine rings is 1. The maximum absolute atomic E-state index is 11.3. The lowest BCUT2D eigenvalue weighted by atomic mass is 9.90. The van der Waals surface area contributed by atoms with Crippen molar-refractivity contribution in [3.63, 3.8) is 0 Å². The topological polar surface area (TPSA) is 62.7 Å². The van der Waals surface area contributed by atoms with E-state index in [9.17, 15) is 9.90 Å². The lowest BCUT2D eigenvalue weighted by Gasteiger charge is -2.23. The summed E-state index contributed by atoms with van der Waals surface area (Å²) in [4.78, 5) is 18.0. The summed E-state index contributed by atoms with van der Waals surface area (Å²) in [6, 6.07) is 3.31. The minimum Gasteiger partial charge on any atom is -0.478 e. The average Bonchev–Trinajstić information content (AvgIpc) is 2.86. The van der Waals surface area contributed by atoms with Crippen molar-refractivity contribution in [1.82, 2.24) is 4.98 Å². The monoisotopic (exact) mass is 278 g/mol. The van der Waals surface area contributed by atoms with Crippen LogP contribution >= 0.6 is 0 Å². The first-order valence-corrected chi connectivity index (χ1v) is 6.85. The summed E-state index contributed by atoms with van der Waals surface area (Å²) in [5, 5.41) is 9.27. The number of carbonyl (C=O) groups is 1. The normalized spacial score (nSPS) is 19.4. The molecule has 0 bridgehead atoms. The van der Waals surface area contributed by atoms with E-state index in [1.807, 2.05) is 20.8 Å². The summed E-state index contributed by atoms with van der Waals surface area (Å²) < 4.78 is 5.35. The Morgan fingerprint density at radius 2 is 2.15 bits per heavy atom. The Labute approximate surface area is 119 Å². The van der Waals surface area contributed by atoms with Crippen LogP contribution in [0.5, 0.6) is 0 Å². The highest BCUT2D eigenvalue weighted by molar-refractivity contribution is 5.88. The molecule has 110 valence electrons. The van der Waals surface area contributed by atoms with Crippen molar-refractivity contribution in [1.29, 1.82) is 0 Å². The SMILES string of the molecule is COC1CCN(c2cc(C(=O)O)cc(C(C)(C)C)n2)C1. The maximum atomic E-state index is 11.3. The largest absolute Gasteiger partial charge is 0.478 e. The summed E-state index contributed by atoms with van der Waals surface area (Å²) in [5.41, 5.74) is 0.912. The minimum absolute atomic E-state index is 0.180. The summed E-state index contributed by atoms with van der Waals surface area (Å²) >= 11 is 0. The molecular formula is C15H22N2O3. The van der Waals surface area contributed by atoms with Crippen LogP contribution in [0.3, 0.4) is 0 Å². The molecule has 5 heteroatoms. The standard InChI is InChI=1S/C15H22N2O3/c1-15(2,3)12-7-10(14(18)19)8-13(16-12)17-6-5-11(9-17)20-4/h7-8,11H,5-6,9H2,1-4H3,(H,18,19). The number of methoxy groups -OCH3 is 1. The molecule has 0 radical (unpaired) electrons. The molecule has 0 aromatic carbocycles. The summed E-state index contributed by atoms with van der Waals surface area (Å²) in [5.74, 6) is -0.184. The predicted molar refractivity (Wildman–Crippen MR) is 77.5 cm³/mol. The van der Waals surface area contributed by atoms with Crippen LogP contribution in [0.15, 0.2) is 12.1 Å². The Morgan fingerprint density at radius 1 is 1.45 bits per heavy atom. The van der Waals surface area contributed by atoms with E-state index >= 15 is 0 Å². The summed E-state index contributed by atoms with van der Waals surface area (Å²) in [6.07, 6.45) is 1.14.